The molecule has 31 heavy (non-hydrogen) atoms. The molecule has 1 amide bonds. The molecule has 7 nitrogen and oxygen atoms in total. The van der Waals surface area contributed by atoms with Crippen LogP contribution in [0.5, 0.6) is 0 Å². The van der Waals surface area contributed by atoms with E-state index in [-0.39, 0.29) is 12.1 Å². The standard InChI is InChI=1S/C21H27F3N4O3/c1-31-20(30)26-12-6-15(7-13-26)25-10-8-16(9-11-25)28-18-5-3-2-4-17(18)27(19(28)29)14-21(22,23)24/h2-5,15-16H,6-14H2,1H3. The van der Waals surface area contributed by atoms with Gasteiger partial charge in [-0.05, 0) is 37.8 Å². The van der Waals surface area contributed by atoms with Gasteiger partial charge < -0.3 is 14.5 Å². The minimum atomic E-state index is -4.46. The highest BCUT2D eigenvalue weighted by Gasteiger charge is 2.34. The van der Waals surface area contributed by atoms with E-state index in [0.717, 1.165) is 30.5 Å². The van der Waals surface area contributed by atoms with Crippen molar-refractivity contribution in [1.29, 1.82) is 0 Å². The van der Waals surface area contributed by atoms with Gasteiger partial charge in [-0.15, -0.1) is 0 Å². The molecule has 0 radical (unpaired) electrons. The number of para-hydroxylation sites is 2. The highest BCUT2D eigenvalue weighted by atomic mass is 19.4. The smallest absolute Gasteiger partial charge is 0.409 e. The second-order valence-corrected chi connectivity index (χ2v) is 8.30. The minimum absolute atomic E-state index is 0.127. The Hall–Kier alpha value is -2.49. The summed E-state index contributed by atoms with van der Waals surface area (Å²) in [5, 5.41) is 0. The lowest BCUT2D eigenvalue weighted by atomic mass is 9.97. The summed E-state index contributed by atoms with van der Waals surface area (Å²) >= 11 is 0. The Kier molecular flexibility index (Phi) is 6.00. The van der Waals surface area contributed by atoms with Gasteiger partial charge in [0.15, 0.2) is 0 Å². The molecule has 0 unspecified atom stereocenters. The van der Waals surface area contributed by atoms with Crippen LogP contribution in [0.3, 0.4) is 0 Å². The maximum Gasteiger partial charge on any atom is 0.409 e. The van der Waals surface area contributed by atoms with E-state index < -0.39 is 18.4 Å². The second kappa shape index (κ2) is 8.57. The number of amides is 1. The topological polar surface area (TPSA) is 59.7 Å². The number of benzene rings is 1. The molecule has 0 aliphatic carbocycles. The van der Waals surface area contributed by atoms with Gasteiger partial charge in [-0.25, -0.2) is 9.59 Å². The summed E-state index contributed by atoms with van der Waals surface area (Å²) in [5.74, 6) is 0. The zero-order valence-electron chi connectivity index (χ0n) is 17.5. The van der Waals surface area contributed by atoms with E-state index >= 15 is 0 Å². The van der Waals surface area contributed by atoms with Gasteiger partial charge in [0.1, 0.15) is 6.54 Å². The summed E-state index contributed by atoms with van der Waals surface area (Å²) < 4.78 is 46.3. The summed E-state index contributed by atoms with van der Waals surface area (Å²) in [6.45, 7) is 1.58. The van der Waals surface area contributed by atoms with Crippen LogP contribution in [0.2, 0.25) is 0 Å². The van der Waals surface area contributed by atoms with Gasteiger partial charge in [-0.3, -0.25) is 9.13 Å². The molecule has 2 aromatic rings. The number of halogens is 3. The monoisotopic (exact) mass is 440 g/mol. The van der Waals surface area contributed by atoms with Crippen LogP contribution in [0.4, 0.5) is 18.0 Å². The number of nitrogens with zero attached hydrogens (tertiary/aromatic N) is 4. The molecular weight excluding hydrogens is 413 g/mol. The molecule has 0 N–H and O–H groups in total. The van der Waals surface area contributed by atoms with Crippen LogP contribution in [-0.4, -0.2) is 70.5 Å². The number of piperidine rings is 2. The van der Waals surface area contributed by atoms with Crippen molar-refractivity contribution in [3.05, 3.63) is 34.7 Å². The lowest BCUT2D eigenvalue weighted by Crippen LogP contribution is -2.49. The third-order valence-corrected chi connectivity index (χ3v) is 6.48. The third kappa shape index (κ3) is 4.44. The van der Waals surface area contributed by atoms with Crippen molar-refractivity contribution < 1.29 is 22.7 Å². The van der Waals surface area contributed by atoms with Crippen molar-refractivity contribution in [3.8, 4) is 0 Å². The number of carbonyl (C=O) groups is 1. The van der Waals surface area contributed by atoms with E-state index in [4.69, 9.17) is 4.74 Å². The molecule has 3 heterocycles. The molecule has 2 aliphatic heterocycles. The minimum Gasteiger partial charge on any atom is -0.453 e. The Morgan fingerprint density at radius 1 is 1.00 bits per heavy atom. The normalized spacial score (nSPS) is 19.8. The zero-order chi connectivity index (χ0) is 22.2. The van der Waals surface area contributed by atoms with Crippen molar-refractivity contribution in [2.24, 2.45) is 0 Å². The maximum atomic E-state index is 13.1. The SMILES string of the molecule is COC(=O)N1CCC(N2CCC(n3c(=O)n(CC(F)(F)F)c4ccccc43)CC2)CC1. The second-order valence-electron chi connectivity index (χ2n) is 8.30. The number of alkyl halides is 3. The quantitative estimate of drug-likeness (QED) is 0.736. The molecule has 2 aliphatic rings. The van der Waals surface area contributed by atoms with E-state index in [1.54, 1.807) is 33.7 Å². The third-order valence-electron chi connectivity index (χ3n) is 6.48. The molecule has 2 saturated heterocycles. The summed E-state index contributed by atoms with van der Waals surface area (Å²) in [6.07, 6.45) is -1.61. The molecular formula is C21H27F3N4O3. The molecule has 10 heteroatoms. The van der Waals surface area contributed by atoms with E-state index in [1.165, 1.54) is 7.11 Å². The Morgan fingerprint density at radius 3 is 2.16 bits per heavy atom. The van der Waals surface area contributed by atoms with E-state index in [2.05, 4.69) is 4.90 Å². The van der Waals surface area contributed by atoms with E-state index in [0.29, 0.717) is 43.0 Å². The van der Waals surface area contributed by atoms with Crippen LogP contribution in [0.15, 0.2) is 29.1 Å². The first-order valence-corrected chi connectivity index (χ1v) is 10.6. The van der Waals surface area contributed by atoms with Crippen LogP contribution in [-0.2, 0) is 11.3 Å². The fourth-order valence-electron chi connectivity index (χ4n) is 4.97. The fraction of sp³-hybridized carbons (Fsp3) is 0.619. The molecule has 0 spiro atoms. The number of rotatable bonds is 3. The number of hydrogen-bond acceptors (Lipinski definition) is 4. The maximum absolute atomic E-state index is 13.1. The summed E-state index contributed by atoms with van der Waals surface area (Å²) in [7, 11) is 1.38. The van der Waals surface area contributed by atoms with Crippen molar-refractivity contribution in [2.45, 2.75) is 50.5 Å². The van der Waals surface area contributed by atoms with Crippen molar-refractivity contribution in [2.75, 3.05) is 33.3 Å². The first-order chi connectivity index (χ1) is 14.8. The van der Waals surface area contributed by atoms with Crippen LogP contribution in [0.1, 0.15) is 31.7 Å². The van der Waals surface area contributed by atoms with Gasteiger partial charge in [0, 0.05) is 38.3 Å². The lowest BCUT2D eigenvalue weighted by Gasteiger charge is -2.41. The molecule has 4 rings (SSSR count). The van der Waals surface area contributed by atoms with Crippen LogP contribution < -0.4 is 5.69 Å². The number of likely N-dealkylation sites (tertiary alicyclic amines) is 2. The number of imidazole rings is 1. The average Bonchev–Trinajstić information content (AvgIpc) is 3.03. The lowest BCUT2D eigenvalue weighted by molar-refractivity contribution is -0.140. The summed E-state index contributed by atoms with van der Waals surface area (Å²) in [4.78, 5) is 28.7. The largest absolute Gasteiger partial charge is 0.453 e. The van der Waals surface area contributed by atoms with E-state index in [9.17, 15) is 22.8 Å². The molecule has 170 valence electrons. The predicted octanol–water partition coefficient (Wildman–Crippen LogP) is 3.23. The molecule has 0 atom stereocenters. The number of methoxy groups -OCH3 is 1. The summed E-state index contributed by atoms with van der Waals surface area (Å²) in [5.41, 5.74) is 0.285. The zero-order valence-corrected chi connectivity index (χ0v) is 17.5. The Bertz CT molecular complexity index is 984. The van der Waals surface area contributed by atoms with Gasteiger partial charge in [-0.1, -0.05) is 12.1 Å². The molecule has 0 saturated carbocycles. The number of fused-ring (bicyclic) bond motifs is 1. The van der Waals surface area contributed by atoms with Gasteiger partial charge in [-0.2, -0.15) is 13.2 Å². The summed E-state index contributed by atoms with van der Waals surface area (Å²) in [6, 6.07) is 6.94. The number of carbonyl (C=O) groups excluding carboxylic acids is 1. The van der Waals surface area contributed by atoms with Crippen LogP contribution in [0.25, 0.3) is 11.0 Å². The molecule has 2 fully saturated rings. The highest BCUT2D eigenvalue weighted by molar-refractivity contribution is 5.76. The van der Waals surface area contributed by atoms with Crippen LogP contribution >= 0.6 is 0 Å². The van der Waals surface area contributed by atoms with Gasteiger partial charge in [0.05, 0.1) is 18.1 Å². The van der Waals surface area contributed by atoms with E-state index in [1.807, 2.05) is 0 Å². The Labute approximate surface area is 178 Å². The van der Waals surface area contributed by atoms with Crippen molar-refractivity contribution >= 4 is 17.1 Å². The first kappa shape index (κ1) is 21.7. The number of hydrogen-bond donors (Lipinski definition) is 0. The first-order valence-electron chi connectivity index (χ1n) is 10.6. The Morgan fingerprint density at radius 2 is 1.58 bits per heavy atom. The number of aromatic nitrogens is 2. The predicted molar refractivity (Wildman–Crippen MR) is 109 cm³/mol. The van der Waals surface area contributed by atoms with Crippen LogP contribution in [0, 0.1) is 0 Å². The molecule has 0 bridgehead atoms. The molecule has 1 aromatic heterocycles. The van der Waals surface area contributed by atoms with Crippen molar-refractivity contribution in [3.63, 3.8) is 0 Å². The van der Waals surface area contributed by atoms with Gasteiger partial charge in [0.25, 0.3) is 0 Å². The fourth-order valence-corrected chi connectivity index (χ4v) is 4.97. The Balaban J connectivity index is 1.47. The number of ether oxygens (including phenoxy) is 1. The van der Waals surface area contributed by atoms with Gasteiger partial charge >= 0.3 is 18.0 Å². The van der Waals surface area contributed by atoms with Gasteiger partial charge in [0.2, 0.25) is 0 Å². The van der Waals surface area contributed by atoms with Crippen molar-refractivity contribution in [1.82, 2.24) is 18.9 Å². The molecule has 1 aromatic carbocycles. The highest BCUT2D eigenvalue weighted by Crippen LogP contribution is 2.29. The average molecular weight is 440 g/mol.